The van der Waals surface area contributed by atoms with E-state index in [2.05, 4.69) is 16.4 Å². The van der Waals surface area contributed by atoms with Gasteiger partial charge in [0.1, 0.15) is 6.04 Å². The summed E-state index contributed by atoms with van der Waals surface area (Å²) in [6.07, 6.45) is 1.91. The van der Waals surface area contributed by atoms with Gasteiger partial charge in [-0.2, -0.15) is 0 Å². The van der Waals surface area contributed by atoms with E-state index in [0.717, 1.165) is 16.5 Å². The number of hydrogen-bond acceptors (Lipinski definition) is 5. The minimum absolute atomic E-state index is 0.0249. The molecule has 5 nitrogen and oxygen atoms in total. The summed E-state index contributed by atoms with van der Waals surface area (Å²) < 4.78 is 5.23. The molecule has 1 saturated heterocycles. The zero-order valence-corrected chi connectivity index (χ0v) is 14.8. The van der Waals surface area contributed by atoms with Crippen molar-refractivity contribution >= 4 is 34.4 Å². The first-order valence-corrected chi connectivity index (χ1v) is 9.46. The molecule has 2 aromatic carbocycles. The monoisotopic (exact) mass is 366 g/mol. The Morgan fingerprint density at radius 1 is 1.08 bits per heavy atom. The molecule has 1 aromatic heterocycles. The van der Waals surface area contributed by atoms with E-state index in [1.807, 2.05) is 30.5 Å². The van der Waals surface area contributed by atoms with Gasteiger partial charge >= 0.3 is 5.97 Å². The fourth-order valence-electron chi connectivity index (χ4n) is 3.07. The molecule has 0 bridgehead atoms. The Balaban J connectivity index is 1.37. The van der Waals surface area contributed by atoms with Gasteiger partial charge in [-0.15, -0.1) is 11.8 Å². The summed E-state index contributed by atoms with van der Waals surface area (Å²) >= 11 is 1.67. The van der Waals surface area contributed by atoms with Crippen LogP contribution in [0.15, 0.2) is 60.8 Å². The summed E-state index contributed by atoms with van der Waals surface area (Å²) in [5.74, 6) is 0.0351. The smallest absolute Gasteiger partial charge is 0.324 e. The van der Waals surface area contributed by atoms with E-state index < -0.39 is 6.04 Å². The maximum absolute atomic E-state index is 12.3. The molecule has 0 aliphatic carbocycles. The number of hydrogen-bond donors (Lipinski definition) is 2. The number of carbonyl (C=O) groups is 2. The second-order valence-electron chi connectivity index (χ2n) is 6.12. The Morgan fingerprint density at radius 3 is 2.77 bits per heavy atom. The normalized spacial score (nSPS) is 19.5. The topological polar surface area (TPSA) is 71.2 Å². The van der Waals surface area contributed by atoms with E-state index in [1.54, 1.807) is 36.0 Å². The first-order valence-electron chi connectivity index (χ1n) is 8.41. The number of ether oxygens (including phenoxy) is 1. The fourth-order valence-corrected chi connectivity index (χ4v) is 4.33. The number of esters is 1. The minimum atomic E-state index is -0.414. The molecule has 2 atom stereocenters. The average molecular weight is 366 g/mol. The lowest BCUT2D eigenvalue weighted by molar-refractivity contribution is -0.144. The van der Waals surface area contributed by atoms with Crippen LogP contribution in [0.25, 0.3) is 10.9 Å². The highest BCUT2D eigenvalue weighted by molar-refractivity contribution is 7.99. The second kappa shape index (κ2) is 7.35. The lowest BCUT2D eigenvalue weighted by atomic mass is 10.1. The zero-order chi connectivity index (χ0) is 17.9. The number of H-pyrrole nitrogens is 1. The summed E-state index contributed by atoms with van der Waals surface area (Å²) in [5.41, 5.74) is 2.76. The van der Waals surface area contributed by atoms with E-state index >= 15 is 0 Å². The van der Waals surface area contributed by atoms with Crippen molar-refractivity contribution in [3.63, 3.8) is 0 Å². The van der Waals surface area contributed by atoms with Crippen molar-refractivity contribution in [2.24, 2.45) is 0 Å². The molecule has 132 valence electrons. The highest BCUT2D eigenvalue weighted by Gasteiger charge is 2.32. The molecule has 1 fully saturated rings. The van der Waals surface area contributed by atoms with Crippen molar-refractivity contribution in [3.05, 3.63) is 71.9 Å². The van der Waals surface area contributed by atoms with Crippen LogP contribution in [-0.2, 0) is 9.53 Å². The van der Waals surface area contributed by atoms with E-state index in [9.17, 15) is 9.59 Å². The Bertz CT molecular complexity index is 938. The molecule has 3 aromatic rings. The number of Topliss-reactive ketones (excluding diaryl/α,β-unsaturated/α-hetero) is 1. The molecule has 0 saturated carbocycles. The van der Waals surface area contributed by atoms with Crippen molar-refractivity contribution in [1.82, 2.24) is 10.3 Å². The first-order chi connectivity index (χ1) is 12.7. The number of aromatic nitrogens is 1. The van der Waals surface area contributed by atoms with Crippen LogP contribution in [-0.4, -0.2) is 35.1 Å². The fraction of sp³-hybridized carbons (Fsp3) is 0.200. The Morgan fingerprint density at radius 2 is 1.92 bits per heavy atom. The van der Waals surface area contributed by atoms with Crippen LogP contribution >= 0.6 is 11.8 Å². The summed E-state index contributed by atoms with van der Waals surface area (Å²) in [6, 6.07) is 16.6. The second-order valence-corrected chi connectivity index (χ2v) is 7.25. The van der Waals surface area contributed by atoms with Crippen molar-refractivity contribution in [2.45, 2.75) is 11.4 Å². The molecule has 0 amide bonds. The maximum atomic E-state index is 12.3. The van der Waals surface area contributed by atoms with Gasteiger partial charge < -0.3 is 9.72 Å². The molecule has 2 N–H and O–H groups in total. The Hall–Kier alpha value is -2.57. The first kappa shape index (κ1) is 16.9. The third kappa shape index (κ3) is 3.38. The van der Waals surface area contributed by atoms with E-state index in [0.29, 0.717) is 11.3 Å². The van der Waals surface area contributed by atoms with Gasteiger partial charge in [0.15, 0.2) is 12.4 Å². The average Bonchev–Trinajstić information content (AvgIpc) is 3.35. The van der Waals surface area contributed by atoms with Crippen LogP contribution in [0.2, 0.25) is 0 Å². The number of fused-ring (bicyclic) bond motifs is 1. The van der Waals surface area contributed by atoms with Crippen molar-refractivity contribution in [1.29, 1.82) is 0 Å². The van der Waals surface area contributed by atoms with E-state index in [-0.39, 0.29) is 23.7 Å². The molecule has 1 aliphatic rings. The van der Waals surface area contributed by atoms with Gasteiger partial charge in [-0.1, -0.05) is 42.5 Å². The summed E-state index contributed by atoms with van der Waals surface area (Å²) in [7, 11) is 0. The van der Waals surface area contributed by atoms with Gasteiger partial charge in [0, 0.05) is 28.4 Å². The van der Waals surface area contributed by atoms with Gasteiger partial charge in [0.25, 0.3) is 0 Å². The van der Waals surface area contributed by atoms with Crippen LogP contribution in [0.1, 0.15) is 21.3 Å². The summed E-state index contributed by atoms with van der Waals surface area (Å²) in [4.78, 5) is 27.6. The van der Waals surface area contributed by atoms with Crippen LogP contribution in [0.3, 0.4) is 0 Å². The highest BCUT2D eigenvalue weighted by Crippen LogP contribution is 2.36. The van der Waals surface area contributed by atoms with Crippen LogP contribution < -0.4 is 5.32 Å². The zero-order valence-electron chi connectivity index (χ0n) is 14.0. The minimum Gasteiger partial charge on any atom is -0.456 e. The SMILES string of the molecule is O=C(COC(=O)[C@@H]1CS[C@H](c2cccc3[nH]ccc23)N1)c1ccccc1. The molecule has 0 radical (unpaired) electrons. The molecule has 0 unspecified atom stereocenters. The van der Waals surface area contributed by atoms with Crippen molar-refractivity contribution < 1.29 is 14.3 Å². The molecular weight excluding hydrogens is 348 g/mol. The number of nitrogens with one attached hydrogen (secondary N) is 2. The number of aromatic amines is 1. The number of ketones is 1. The number of thioether (sulfide) groups is 1. The van der Waals surface area contributed by atoms with Gasteiger partial charge in [-0.3, -0.25) is 14.9 Å². The summed E-state index contributed by atoms with van der Waals surface area (Å²) in [5, 5.41) is 4.48. The highest BCUT2D eigenvalue weighted by atomic mass is 32.2. The predicted octanol–water partition coefficient (Wildman–Crippen LogP) is 3.30. The van der Waals surface area contributed by atoms with Gasteiger partial charge in [-0.05, 0) is 17.7 Å². The molecule has 1 aliphatic heterocycles. The molecule has 6 heteroatoms. The lowest BCUT2D eigenvalue weighted by Crippen LogP contribution is -2.36. The lowest BCUT2D eigenvalue weighted by Gasteiger charge is -2.14. The van der Waals surface area contributed by atoms with Crippen LogP contribution in [0.4, 0.5) is 0 Å². The van der Waals surface area contributed by atoms with E-state index in [1.165, 1.54) is 0 Å². The third-order valence-corrected chi connectivity index (χ3v) is 5.67. The number of rotatable bonds is 5. The third-order valence-electron chi connectivity index (χ3n) is 4.42. The predicted molar refractivity (Wildman–Crippen MR) is 102 cm³/mol. The van der Waals surface area contributed by atoms with Crippen molar-refractivity contribution in [3.8, 4) is 0 Å². The van der Waals surface area contributed by atoms with Crippen LogP contribution in [0, 0.1) is 0 Å². The van der Waals surface area contributed by atoms with Gasteiger partial charge in [-0.25, -0.2) is 0 Å². The molecule has 4 rings (SSSR count). The van der Waals surface area contributed by atoms with Crippen molar-refractivity contribution in [2.75, 3.05) is 12.4 Å². The molecule has 0 spiro atoms. The molecule has 2 heterocycles. The van der Waals surface area contributed by atoms with Crippen LogP contribution in [0.5, 0.6) is 0 Å². The number of benzene rings is 2. The standard InChI is InChI=1S/C20H18N2O3S/c23-18(13-5-2-1-3-6-13)11-25-20(24)17-12-26-19(22-17)15-7-4-8-16-14(15)9-10-21-16/h1-10,17,19,21-22H,11-12H2/t17-,19+/m0/s1. The number of carbonyl (C=O) groups excluding carboxylic acids is 2. The molecular formula is C20H18N2O3S. The van der Waals surface area contributed by atoms with Gasteiger partial charge in [0.05, 0.1) is 5.37 Å². The Kier molecular flexibility index (Phi) is 4.77. The Labute approximate surface area is 155 Å². The molecule has 26 heavy (non-hydrogen) atoms. The van der Waals surface area contributed by atoms with Gasteiger partial charge in [0.2, 0.25) is 0 Å². The maximum Gasteiger partial charge on any atom is 0.324 e. The summed E-state index contributed by atoms with van der Waals surface area (Å²) in [6.45, 7) is -0.232. The largest absolute Gasteiger partial charge is 0.456 e. The van der Waals surface area contributed by atoms with E-state index in [4.69, 9.17) is 4.74 Å². The quantitative estimate of drug-likeness (QED) is 0.536.